The van der Waals surface area contributed by atoms with E-state index in [1.165, 1.54) is 32.7 Å². The molecule has 0 fully saturated rings. The van der Waals surface area contributed by atoms with E-state index in [4.69, 9.17) is 0 Å². The predicted octanol–water partition coefficient (Wildman–Crippen LogP) is 9.60. The Kier molecular flexibility index (Phi) is 9.15. The summed E-state index contributed by atoms with van der Waals surface area (Å²) in [6.45, 7) is 16.9. The van der Waals surface area contributed by atoms with Crippen LogP contribution in [0.4, 0.5) is 0 Å². The first-order chi connectivity index (χ1) is 18.0. The van der Waals surface area contributed by atoms with Crippen molar-refractivity contribution in [2.45, 2.75) is 86.5 Å². The van der Waals surface area contributed by atoms with Crippen LogP contribution in [-0.4, -0.2) is 20.7 Å². The number of aliphatic hydroxyl groups excluding tert-OH is 1. The zero-order chi connectivity index (χ0) is 27.9. The zero-order valence-corrected chi connectivity index (χ0v) is 27.1. The summed E-state index contributed by atoms with van der Waals surface area (Å²) < 4.78 is 0. The summed E-state index contributed by atoms with van der Waals surface area (Å²) >= 11 is 0. The monoisotopic (exact) mass is 702 g/mol. The van der Waals surface area contributed by atoms with Crippen LogP contribution in [0.15, 0.2) is 60.5 Å². The van der Waals surface area contributed by atoms with Crippen LogP contribution in [0.25, 0.3) is 32.4 Å². The number of ketones is 1. The molecule has 1 aliphatic rings. The van der Waals surface area contributed by atoms with Gasteiger partial charge in [-0.15, -0.1) is 29.1 Å². The van der Waals surface area contributed by atoms with Gasteiger partial charge in [0.25, 0.3) is 0 Å². The quantitative estimate of drug-likeness (QED) is 0.0686. The number of hydrogen-bond acceptors (Lipinski definition) is 2. The topological polar surface area (TPSA) is 54.5 Å². The molecule has 0 aliphatic heterocycles. The molecule has 39 heavy (non-hydrogen) atoms. The minimum atomic E-state index is -0.226. The van der Waals surface area contributed by atoms with Crippen LogP contribution in [0.2, 0.25) is 0 Å². The van der Waals surface area contributed by atoms with Crippen LogP contribution in [0, 0.1) is 16.9 Å². The molecule has 209 valence electrons. The van der Waals surface area contributed by atoms with Crippen molar-refractivity contribution < 1.29 is 30.0 Å². The van der Waals surface area contributed by atoms with Gasteiger partial charge in [0.05, 0.1) is 11.5 Å². The number of nitrogens with zero attached hydrogens (tertiary/aromatic N) is 1. The molecule has 1 aromatic heterocycles. The van der Waals surface area contributed by atoms with Crippen molar-refractivity contribution in [1.29, 1.82) is 0 Å². The SMILES string of the molecule is CC1(C)c2cc[c-]c3c4ncccc4c4cccc1c4c23.CCC(C)(CC)C(=[OH+])/C=C(\O)C(C)(CC)CC.[Ir]. The number of benzene rings is 3. The number of fused-ring (bicyclic) bond motifs is 3. The maximum Gasteiger partial charge on any atom is 0.325 e. The van der Waals surface area contributed by atoms with Gasteiger partial charge in [0.15, 0.2) is 0 Å². The van der Waals surface area contributed by atoms with Gasteiger partial charge in [0.2, 0.25) is 0 Å². The Morgan fingerprint density at radius 3 is 2.10 bits per heavy atom. The standard InChI is InChI=1S/C20H14N.C15H28O2.Ir/c1-20(2)15-9-3-6-12-13-8-5-11-21-19(13)14-7-4-10-16(20)18(14)17(12)15;1-7-14(5,8-2)12(16)11-13(17)15(6,9-3)10-4;/h3-6,8-11H,1-2H3;11,16H,7-10H2,1-6H3;/q-1;;/p+1/b;12-11-;. The molecule has 0 saturated heterocycles. The Balaban J connectivity index is 0.000000217. The Hall–Kier alpha value is -2.55. The number of aliphatic hydroxyl groups is 1. The van der Waals surface area contributed by atoms with Crippen LogP contribution in [0.3, 0.4) is 0 Å². The molecule has 0 amide bonds. The number of pyridine rings is 1. The van der Waals surface area contributed by atoms with Gasteiger partial charge >= 0.3 is 5.78 Å². The Morgan fingerprint density at radius 1 is 0.897 bits per heavy atom. The van der Waals surface area contributed by atoms with Gasteiger partial charge in [-0.1, -0.05) is 78.1 Å². The number of hydrogen-bond donors (Lipinski definition) is 1. The van der Waals surface area contributed by atoms with Crippen LogP contribution in [-0.2, 0) is 25.5 Å². The van der Waals surface area contributed by atoms with Crippen molar-refractivity contribution >= 4 is 38.2 Å². The van der Waals surface area contributed by atoms with Crippen LogP contribution < -0.4 is 0 Å². The molecule has 0 unspecified atom stereocenters. The summed E-state index contributed by atoms with van der Waals surface area (Å²) in [5, 5.41) is 16.6. The van der Waals surface area contributed by atoms with Crippen molar-refractivity contribution in [1.82, 2.24) is 4.98 Å². The van der Waals surface area contributed by atoms with E-state index < -0.39 is 0 Å². The minimum Gasteiger partial charge on any atom is -0.511 e. The van der Waals surface area contributed by atoms with Crippen LogP contribution in [0.1, 0.15) is 92.2 Å². The summed E-state index contributed by atoms with van der Waals surface area (Å²) in [6, 6.07) is 18.6. The summed E-state index contributed by atoms with van der Waals surface area (Å²) in [7, 11) is 0. The molecule has 4 heteroatoms. The molecule has 0 saturated carbocycles. The maximum absolute atomic E-state index is 10.2. The molecule has 0 atom stereocenters. The molecular weight excluding hydrogens is 659 g/mol. The van der Waals surface area contributed by atoms with Gasteiger partial charge in [-0.3, -0.25) is 4.79 Å². The third-order valence-electron chi connectivity index (χ3n) is 9.62. The average Bonchev–Trinajstić information content (AvgIpc) is 3.19. The molecule has 0 bridgehead atoms. The maximum atomic E-state index is 10.2. The van der Waals surface area contributed by atoms with E-state index in [1.54, 1.807) is 6.08 Å². The molecule has 3 aromatic carbocycles. The van der Waals surface area contributed by atoms with Gasteiger partial charge in [-0.2, -0.15) is 0 Å². The van der Waals surface area contributed by atoms with Crippen LogP contribution >= 0.6 is 0 Å². The van der Waals surface area contributed by atoms with Crippen molar-refractivity contribution in [3.8, 4) is 0 Å². The number of rotatable bonds is 7. The molecule has 2 N–H and O–H groups in total. The fourth-order valence-corrected chi connectivity index (χ4v) is 5.70. The molecule has 1 aliphatic carbocycles. The normalized spacial score (nSPS) is 14.4. The Labute approximate surface area is 247 Å². The third kappa shape index (κ3) is 5.07. The van der Waals surface area contributed by atoms with E-state index in [9.17, 15) is 9.90 Å². The molecule has 5 rings (SSSR count). The van der Waals surface area contributed by atoms with Gasteiger partial charge < -0.3 is 10.1 Å². The fourth-order valence-electron chi connectivity index (χ4n) is 5.70. The van der Waals surface area contributed by atoms with E-state index in [0.717, 1.165) is 36.6 Å². The first kappa shape index (κ1) is 31.0. The van der Waals surface area contributed by atoms with Crippen molar-refractivity contribution in [3.63, 3.8) is 0 Å². The molecule has 3 nitrogen and oxygen atoms in total. The summed E-state index contributed by atoms with van der Waals surface area (Å²) in [5.41, 5.74) is 3.48. The molecule has 1 heterocycles. The summed E-state index contributed by atoms with van der Waals surface area (Å²) in [4.78, 5) is 14.8. The Morgan fingerprint density at radius 2 is 1.49 bits per heavy atom. The van der Waals surface area contributed by atoms with E-state index in [1.807, 2.05) is 32.2 Å². The van der Waals surface area contributed by atoms with E-state index in [-0.39, 0.29) is 36.4 Å². The fraction of sp³-hybridized carbons (Fsp3) is 0.429. The Bertz CT molecular complexity index is 1460. The second kappa shape index (κ2) is 11.5. The van der Waals surface area contributed by atoms with E-state index >= 15 is 0 Å². The first-order valence-electron chi connectivity index (χ1n) is 14.1. The number of aromatic nitrogens is 1. The zero-order valence-electron chi connectivity index (χ0n) is 24.7. The summed E-state index contributed by atoms with van der Waals surface area (Å²) in [6.07, 6.45) is 6.92. The van der Waals surface area contributed by atoms with Crippen molar-refractivity contribution in [2.75, 3.05) is 0 Å². The molecule has 1 radical (unpaired) electrons. The third-order valence-corrected chi connectivity index (χ3v) is 9.62. The molecule has 4 aromatic rings. The molecular formula is C35H43IrNO2. The van der Waals surface area contributed by atoms with E-state index in [2.05, 4.69) is 82.9 Å². The second-order valence-electron chi connectivity index (χ2n) is 11.8. The van der Waals surface area contributed by atoms with Gasteiger partial charge in [0.1, 0.15) is 5.76 Å². The predicted molar refractivity (Wildman–Crippen MR) is 163 cm³/mol. The second-order valence-corrected chi connectivity index (χ2v) is 11.8. The van der Waals surface area contributed by atoms with E-state index in [0.29, 0.717) is 11.5 Å². The van der Waals surface area contributed by atoms with Gasteiger partial charge in [0, 0.05) is 31.7 Å². The summed E-state index contributed by atoms with van der Waals surface area (Å²) in [5.74, 6) is 0.598. The van der Waals surface area contributed by atoms with Crippen molar-refractivity contribution in [2.24, 2.45) is 10.8 Å². The average molecular weight is 702 g/mol. The largest absolute Gasteiger partial charge is 0.511 e. The van der Waals surface area contributed by atoms with Gasteiger partial charge in [-0.25, -0.2) is 0 Å². The molecule has 0 spiro atoms. The first-order valence-corrected chi connectivity index (χ1v) is 14.1. The smallest absolute Gasteiger partial charge is 0.325 e. The number of carbonyl (C=O) groups excluding carboxylic acids is 1. The number of allylic oxidation sites excluding steroid dienone is 2. The minimum absolute atomic E-state index is 0. The van der Waals surface area contributed by atoms with Crippen molar-refractivity contribution in [3.05, 3.63) is 77.7 Å². The van der Waals surface area contributed by atoms with Gasteiger partial charge in [-0.05, 0) is 71.3 Å². The van der Waals surface area contributed by atoms with Crippen LogP contribution in [0.5, 0.6) is 0 Å².